The number of aromatic nitrogens is 3. The van der Waals surface area contributed by atoms with Crippen molar-refractivity contribution >= 4 is 23.5 Å². The fraction of sp³-hybridized carbons (Fsp3) is 0.412. The Morgan fingerprint density at radius 1 is 1.26 bits per heavy atom. The van der Waals surface area contributed by atoms with Crippen LogP contribution in [0.15, 0.2) is 33.1 Å². The monoisotopic (exact) mass is 395 g/mol. The Bertz CT molecular complexity index is 1000. The van der Waals surface area contributed by atoms with Crippen molar-refractivity contribution in [2.45, 2.75) is 26.1 Å². The molecule has 142 valence electrons. The summed E-state index contributed by atoms with van der Waals surface area (Å²) in [6.45, 7) is 3.69. The van der Waals surface area contributed by atoms with Crippen molar-refractivity contribution in [2.75, 3.05) is 24.5 Å². The number of alkyl halides is 3. The van der Waals surface area contributed by atoms with Gasteiger partial charge < -0.3 is 4.90 Å². The minimum absolute atomic E-state index is 0.0227. The van der Waals surface area contributed by atoms with Crippen molar-refractivity contribution in [3.63, 3.8) is 0 Å². The fourth-order valence-corrected chi connectivity index (χ4v) is 4.06. The number of anilines is 1. The molecule has 27 heavy (non-hydrogen) atoms. The lowest BCUT2D eigenvalue weighted by Crippen LogP contribution is -2.37. The van der Waals surface area contributed by atoms with Crippen molar-refractivity contribution < 1.29 is 13.2 Å². The number of hydrogen-bond donors (Lipinski definition) is 0. The molecule has 0 amide bonds. The third kappa shape index (κ3) is 3.53. The zero-order valence-electron chi connectivity index (χ0n) is 14.5. The third-order valence-electron chi connectivity index (χ3n) is 4.63. The van der Waals surface area contributed by atoms with Gasteiger partial charge in [-0.1, -0.05) is 0 Å². The van der Waals surface area contributed by atoms with Gasteiger partial charge >= 0.3 is 11.9 Å². The van der Waals surface area contributed by atoms with Crippen LogP contribution in [-0.2, 0) is 12.7 Å². The van der Waals surface area contributed by atoms with Crippen LogP contribution < -0.4 is 10.6 Å². The lowest BCUT2D eigenvalue weighted by Gasteiger charge is -2.28. The molecule has 0 atom stereocenters. The molecular formula is C17H16F3N5OS. The van der Waals surface area contributed by atoms with E-state index < -0.39 is 16.7 Å². The minimum Gasteiger partial charge on any atom is -0.336 e. The Morgan fingerprint density at radius 3 is 2.78 bits per heavy atom. The molecule has 0 aliphatic carbocycles. The zero-order valence-corrected chi connectivity index (χ0v) is 15.3. The molecule has 0 bridgehead atoms. The molecule has 4 rings (SSSR count). The lowest BCUT2D eigenvalue weighted by molar-refractivity contribution is -0.134. The summed E-state index contributed by atoms with van der Waals surface area (Å²) in [4.78, 5) is 26.9. The molecule has 0 saturated heterocycles. The largest absolute Gasteiger partial charge is 0.425 e. The van der Waals surface area contributed by atoms with Crippen LogP contribution in [-0.4, -0.2) is 40.4 Å². The van der Waals surface area contributed by atoms with E-state index in [0.717, 1.165) is 12.5 Å². The first-order valence-electron chi connectivity index (χ1n) is 8.38. The van der Waals surface area contributed by atoms with E-state index in [-0.39, 0.29) is 6.54 Å². The van der Waals surface area contributed by atoms with Gasteiger partial charge in [-0.2, -0.15) is 23.1 Å². The van der Waals surface area contributed by atoms with E-state index >= 15 is 0 Å². The maximum atomic E-state index is 12.7. The molecule has 0 aromatic carbocycles. The SMILES string of the molecule is Cc1nc(N2CCC3=C(CN=C3)C2)nc(=O)n1Cc1ccc(C(F)(F)F)s1. The average Bonchev–Trinajstić information content (AvgIpc) is 3.26. The molecule has 0 saturated carbocycles. The number of rotatable bonds is 3. The first-order valence-corrected chi connectivity index (χ1v) is 9.20. The molecule has 0 unspecified atom stereocenters. The molecule has 2 aliphatic rings. The number of nitrogens with zero attached hydrogens (tertiary/aromatic N) is 5. The number of halogens is 3. The Labute approximate surface area is 156 Å². The lowest BCUT2D eigenvalue weighted by atomic mass is 10.0. The van der Waals surface area contributed by atoms with E-state index in [0.29, 0.717) is 47.6 Å². The normalized spacial score (nSPS) is 17.0. The second-order valence-corrected chi connectivity index (χ2v) is 7.64. The maximum absolute atomic E-state index is 12.7. The van der Waals surface area contributed by atoms with Crippen LogP contribution in [0.1, 0.15) is 22.0 Å². The highest BCUT2D eigenvalue weighted by Gasteiger charge is 2.32. The molecule has 2 aliphatic heterocycles. The highest BCUT2D eigenvalue weighted by atomic mass is 32.1. The summed E-state index contributed by atoms with van der Waals surface area (Å²) in [5.74, 6) is 0.781. The third-order valence-corrected chi connectivity index (χ3v) is 5.75. The number of thiophene rings is 1. The number of hydrogen-bond acceptors (Lipinski definition) is 6. The summed E-state index contributed by atoms with van der Waals surface area (Å²) in [6.07, 6.45) is -1.65. The number of aryl methyl sites for hydroxylation is 1. The molecule has 0 N–H and O–H groups in total. The predicted octanol–water partition coefficient (Wildman–Crippen LogP) is 2.67. The summed E-state index contributed by atoms with van der Waals surface area (Å²) in [6, 6.07) is 2.41. The topological polar surface area (TPSA) is 63.4 Å². The smallest absolute Gasteiger partial charge is 0.336 e. The van der Waals surface area contributed by atoms with E-state index in [1.165, 1.54) is 21.8 Å². The molecule has 0 radical (unpaired) electrons. The Kier molecular flexibility index (Phi) is 4.37. The van der Waals surface area contributed by atoms with Gasteiger partial charge in [0.1, 0.15) is 10.7 Å². The molecule has 4 heterocycles. The average molecular weight is 395 g/mol. The second-order valence-electron chi connectivity index (χ2n) is 6.47. The summed E-state index contributed by atoms with van der Waals surface area (Å²) in [5, 5.41) is 0. The van der Waals surface area contributed by atoms with Gasteiger partial charge in [-0.05, 0) is 36.6 Å². The molecule has 2 aromatic rings. The molecule has 2 aromatic heterocycles. The van der Waals surface area contributed by atoms with Gasteiger partial charge in [0, 0.05) is 24.2 Å². The van der Waals surface area contributed by atoms with Crippen molar-refractivity contribution in [1.29, 1.82) is 0 Å². The van der Waals surface area contributed by atoms with Gasteiger partial charge in [0.2, 0.25) is 5.95 Å². The van der Waals surface area contributed by atoms with Crippen LogP contribution in [0.2, 0.25) is 0 Å². The van der Waals surface area contributed by atoms with Crippen molar-refractivity contribution in [3.8, 4) is 0 Å². The first-order chi connectivity index (χ1) is 12.8. The zero-order chi connectivity index (χ0) is 19.2. The highest BCUT2D eigenvalue weighted by molar-refractivity contribution is 7.12. The van der Waals surface area contributed by atoms with E-state index in [2.05, 4.69) is 15.0 Å². The van der Waals surface area contributed by atoms with Gasteiger partial charge in [-0.25, -0.2) is 4.79 Å². The maximum Gasteiger partial charge on any atom is 0.425 e. The standard InChI is InChI=1S/C17H16F3N5OS/c1-10-22-15(24-5-4-11-6-21-7-12(11)8-24)23-16(26)25(10)9-13-2-3-14(27-13)17(18,19)20/h2-3,6H,4-5,7-9H2,1H3. The summed E-state index contributed by atoms with van der Waals surface area (Å²) < 4.78 is 39.5. The Balaban J connectivity index is 1.56. The molecule has 0 fully saturated rings. The van der Waals surface area contributed by atoms with E-state index in [1.807, 2.05) is 11.1 Å². The van der Waals surface area contributed by atoms with Crippen LogP contribution in [0, 0.1) is 6.92 Å². The predicted molar refractivity (Wildman–Crippen MR) is 96.7 cm³/mol. The Hall–Kier alpha value is -2.49. The highest BCUT2D eigenvalue weighted by Crippen LogP contribution is 2.34. The van der Waals surface area contributed by atoms with Crippen molar-refractivity contribution in [1.82, 2.24) is 14.5 Å². The Morgan fingerprint density at radius 2 is 2.07 bits per heavy atom. The summed E-state index contributed by atoms with van der Waals surface area (Å²) in [5.41, 5.74) is 1.95. The van der Waals surface area contributed by atoms with Crippen LogP contribution in [0.5, 0.6) is 0 Å². The van der Waals surface area contributed by atoms with Gasteiger partial charge in [0.15, 0.2) is 0 Å². The van der Waals surface area contributed by atoms with Gasteiger partial charge in [-0.15, -0.1) is 11.3 Å². The fourth-order valence-electron chi connectivity index (χ4n) is 3.20. The van der Waals surface area contributed by atoms with E-state index in [4.69, 9.17) is 0 Å². The first kappa shape index (κ1) is 17.9. The van der Waals surface area contributed by atoms with E-state index in [1.54, 1.807) is 6.92 Å². The molecule has 6 nitrogen and oxygen atoms in total. The molecular weight excluding hydrogens is 379 g/mol. The van der Waals surface area contributed by atoms with Gasteiger partial charge in [0.25, 0.3) is 0 Å². The molecule has 0 spiro atoms. The summed E-state index contributed by atoms with van der Waals surface area (Å²) in [7, 11) is 0. The van der Waals surface area contributed by atoms with Crippen molar-refractivity contribution in [2.24, 2.45) is 4.99 Å². The van der Waals surface area contributed by atoms with Crippen molar-refractivity contribution in [3.05, 3.63) is 49.3 Å². The summed E-state index contributed by atoms with van der Waals surface area (Å²) >= 11 is 0.624. The van der Waals surface area contributed by atoms with Crippen LogP contribution in [0.25, 0.3) is 0 Å². The van der Waals surface area contributed by atoms with E-state index in [9.17, 15) is 18.0 Å². The molecule has 10 heteroatoms. The second kappa shape index (κ2) is 6.59. The van der Waals surface area contributed by atoms with Crippen LogP contribution >= 0.6 is 11.3 Å². The number of aliphatic imine (C=N–C) groups is 1. The van der Waals surface area contributed by atoms with Gasteiger partial charge in [0.05, 0.1) is 13.1 Å². The van der Waals surface area contributed by atoms with Crippen LogP contribution in [0.3, 0.4) is 0 Å². The minimum atomic E-state index is -4.38. The quantitative estimate of drug-likeness (QED) is 0.802. The van der Waals surface area contributed by atoms with Crippen LogP contribution in [0.4, 0.5) is 19.1 Å². The van der Waals surface area contributed by atoms with Gasteiger partial charge in [-0.3, -0.25) is 9.56 Å².